The number of hydrogen-bond acceptors (Lipinski definition) is 4. The Labute approximate surface area is 119 Å². The van der Waals surface area contributed by atoms with Crippen LogP contribution in [0, 0.1) is 11.6 Å². The Kier molecular flexibility index (Phi) is 4.40. The first-order valence-electron chi connectivity index (χ1n) is 6.24. The second-order valence-corrected chi connectivity index (χ2v) is 5.04. The molecule has 21 heavy (non-hydrogen) atoms. The number of carbonyl (C=O) groups is 1. The number of ether oxygens (including phenoxy) is 1. The van der Waals surface area contributed by atoms with Gasteiger partial charge in [0.15, 0.2) is 0 Å². The molecule has 1 heterocycles. The largest absolute Gasteiger partial charge is 0.465 e. The molecule has 0 bridgehead atoms. The lowest BCUT2D eigenvalue weighted by Crippen LogP contribution is -2.54. The van der Waals surface area contributed by atoms with E-state index < -0.39 is 42.1 Å². The van der Waals surface area contributed by atoms with Gasteiger partial charge in [-0.2, -0.15) is 0 Å². The zero-order chi connectivity index (χ0) is 15.6. The van der Waals surface area contributed by atoms with Crippen molar-refractivity contribution in [2.45, 2.75) is 24.2 Å². The standard InChI is InChI=1S/C13H15F2NO5/c14-7-1-2-9(15)8(3-7)11-10(16-12(18)19)4-13(20,5-17)6-21-11/h1-3,10-11,16-17,20H,4-6H2,(H,18,19)/t10-,11-,13?/m0/s1. The van der Waals surface area contributed by atoms with E-state index in [0.717, 1.165) is 18.2 Å². The zero-order valence-electron chi connectivity index (χ0n) is 10.9. The summed E-state index contributed by atoms with van der Waals surface area (Å²) in [6.45, 7) is -0.953. The average molecular weight is 303 g/mol. The van der Waals surface area contributed by atoms with Gasteiger partial charge in [0.05, 0.1) is 19.3 Å². The van der Waals surface area contributed by atoms with Gasteiger partial charge in [-0.1, -0.05) is 0 Å². The molecule has 0 aromatic heterocycles. The van der Waals surface area contributed by atoms with Crippen LogP contribution in [0.1, 0.15) is 18.1 Å². The number of nitrogens with one attached hydrogen (secondary N) is 1. The molecule has 1 amide bonds. The molecule has 6 nitrogen and oxygen atoms in total. The van der Waals surface area contributed by atoms with Gasteiger partial charge in [-0.05, 0) is 18.2 Å². The first-order chi connectivity index (χ1) is 9.84. The smallest absolute Gasteiger partial charge is 0.404 e. The van der Waals surface area contributed by atoms with Crippen molar-refractivity contribution in [1.29, 1.82) is 0 Å². The minimum absolute atomic E-state index is 0.145. The van der Waals surface area contributed by atoms with E-state index in [-0.39, 0.29) is 18.6 Å². The number of carboxylic acid groups (broad SMARTS) is 1. The highest BCUT2D eigenvalue weighted by Gasteiger charge is 2.42. The van der Waals surface area contributed by atoms with E-state index in [1.165, 1.54) is 0 Å². The molecule has 3 atom stereocenters. The normalized spacial score (nSPS) is 29.1. The van der Waals surface area contributed by atoms with Crippen LogP contribution in [0.5, 0.6) is 0 Å². The van der Waals surface area contributed by atoms with Crippen molar-refractivity contribution in [3.05, 3.63) is 35.4 Å². The lowest BCUT2D eigenvalue weighted by Gasteiger charge is -2.40. The van der Waals surface area contributed by atoms with E-state index in [1.54, 1.807) is 0 Å². The molecule has 116 valence electrons. The fraction of sp³-hybridized carbons (Fsp3) is 0.462. The fourth-order valence-corrected chi connectivity index (χ4v) is 2.37. The molecule has 1 aliphatic heterocycles. The monoisotopic (exact) mass is 303 g/mol. The van der Waals surface area contributed by atoms with Crippen LogP contribution in [0.25, 0.3) is 0 Å². The highest BCUT2D eigenvalue weighted by Crippen LogP contribution is 2.34. The number of amides is 1. The topological polar surface area (TPSA) is 99.0 Å². The van der Waals surface area contributed by atoms with Gasteiger partial charge in [0.1, 0.15) is 23.3 Å². The van der Waals surface area contributed by atoms with Crippen molar-refractivity contribution in [3.8, 4) is 0 Å². The Morgan fingerprint density at radius 2 is 2.19 bits per heavy atom. The van der Waals surface area contributed by atoms with E-state index in [9.17, 15) is 18.7 Å². The van der Waals surface area contributed by atoms with E-state index in [0.29, 0.717) is 0 Å². The number of rotatable bonds is 3. The van der Waals surface area contributed by atoms with Crippen molar-refractivity contribution in [1.82, 2.24) is 5.32 Å². The van der Waals surface area contributed by atoms with Gasteiger partial charge in [0.25, 0.3) is 0 Å². The molecular weight excluding hydrogens is 288 g/mol. The molecule has 4 N–H and O–H groups in total. The predicted octanol–water partition coefficient (Wildman–Crippen LogP) is 0.786. The third-order valence-electron chi connectivity index (χ3n) is 3.36. The molecule has 0 radical (unpaired) electrons. The molecule has 8 heteroatoms. The highest BCUT2D eigenvalue weighted by atomic mass is 19.1. The SMILES string of the molecule is O=C(O)N[C@H]1CC(O)(CO)CO[C@H]1c1cc(F)ccc1F. The minimum atomic E-state index is -1.63. The first-order valence-corrected chi connectivity index (χ1v) is 6.24. The maximum absolute atomic E-state index is 13.8. The number of hydrogen-bond donors (Lipinski definition) is 4. The molecule has 1 aliphatic rings. The zero-order valence-corrected chi connectivity index (χ0v) is 10.9. The van der Waals surface area contributed by atoms with Crippen LogP contribution in [0.15, 0.2) is 18.2 Å². The lowest BCUT2D eigenvalue weighted by atomic mass is 9.87. The summed E-state index contributed by atoms with van der Waals surface area (Å²) >= 11 is 0. The summed E-state index contributed by atoms with van der Waals surface area (Å²) < 4.78 is 32.3. The minimum Gasteiger partial charge on any atom is -0.465 e. The summed E-state index contributed by atoms with van der Waals surface area (Å²) in [7, 11) is 0. The number of benzene rings is 1. The first kappa shape index (κ1) is 15.6. The van der Waals surface area contributed by atoms with Crippen molar-refractivity contribution >= 4 is 6.09 Å². The van der Waals surface area contributed by atoms with Crippen LogP contribution >= 0.6 is 0 Å². The molecule has 1 saturated heterocycles. The maximum atomic E-state index is 13.8. The van der Waals surface area contributed by atoms with E-state index >= 15 is 0 Å². The molecule has 1 aromatic carbocycles. The Bertz CT molecular complexity index is 541. The van der Waals surface area contributed by atoms with Crippen molar-refractivity contribution < 1.29 is 33.6 Å². The summed E-state index contributed by atoms with van der Waals surface area (Å²) in [5.41, 5.74) is -1.78. The molecule has 0 saturated carbocycles. The van der Waals surface area contributed by atoms with Gasteiger partial charge < -0.3 is 25.4 Å². The second kappa shape index (κ2) is 5.92. The molecular formula is C13H15F2NO5. The molecule has 1 fully saturated rings. The van der Waals surface area contributed by atoms with E-state index in [4.69, 9.17) is 14.9 Å². The number of halogens is 2. The van der Waals surface area contributed by atoms with Crippen molar-refractivity contribution in [3.63, 3.8) is 0 Å². The molecule has 1 aromatic rings. The van der Waals surface area contributed by atoms with Crippen LogP contribution in [-0.4, -0.2) is 46.3 Å². The summed E-state index contributed by atoms with van der Waals surface area (Å²) in [4.78, 5) is 10.8. The number of aliphatic hydroxyl groups excluding tert-OH is 1. The van der Waals surface area contributed by atoms with Gasteiger partial charge in [-0.25, -0.2) is 13.6 Å². The lowest BCUT2D eigenvalue weighted by molar-refractivity contribution is -0.152. The Morgan fingerprint density at radius 3 is 2.81 bits per heavy atom. The molecule has 0 spiro atoms. The van der Waals surface area contributed by atoms with E-state index in [1.807, 2.05) is 0 Å². The van der Waals surface area contributed by atoms with Crippen LogP contribution < -0.4 is 5.32 Å². The average Bonchev–Trinajstić information content (AvgIpc) is 2.41. The highest BCUT2D eigenvalue weighted by molar-refractivity contribution is 5.65. The third kappa shape index (κ3) is 3.46. The van der Waals surface area contributed by atoms with E-state index in [2.05, 4.69) is 5.32 Å². The quantitative estimate of drug-likeness (QED) is 0.661. The van der Waals surface area contributed by atoms with Gasteiger partial charge in [-0.3, -0.25) is 0 Å². The summed E-state index contributed by atoms with van der Waals surface area (Å²) in [6, 6.07) is 1.74. The van der Waals surface area contributed by atoms with Crippen molar-refractivity contribution in [2.24, 2.45) is 0 Å². The van der Waals surface area contributed by atoms with Crippen LogP contribution in [-0.2, 0) is 4.74 Å². The summed E-state index contributed by atoms with van der Waals surface area (Å²) in [6.07, 6.45) is -2.67. The number of aliphatic hydroxyl groups is 2. The fourth-order valence-electron chi connectivity index (χ4n) is 2.37. The van der Waals surface area contributed by atoms with Gasteiger partial charge in [-0.15, -0.1) is 0 Å². The third-order valence-corrected chi connectivity index (χ3v) is 3.36. The molecule has 2 rings (SSSR count). The Morgan fingerprint density at radius 1 is 1.48 bits per heavy atom. The second-order valence-electron chi connectivity index (χ2n) is 5.04. The summed E-state index contributed by atoms with van der Waals surface area (Å²) in [5, 5.41) is 30.0. The Hall–Kier alpha value is -1.77. The molecule has 0 aliphatic carbocycles. The maximum Gasteiger partial charge on any atom is 0.404 e. The van der Waals surface area contributed by atoms with Crippen LogP contribution in [0.2, 0.25) is 0 Å². The van der Waals surface area contributed by atoms with Gasteiger partial charge in [0, 0.05) is 12.0 Å². The van der Waals surface area contributed by atoms with Crippen molar-refractivity contribution in [2.75, 3.05) is 13.2 Å². The Balaban J connectivity index is 2.32. The molecule has 1 unspecified atom stereocenters. The van der Waals surface area contributed by atoms with Crippen LogP contribution in [0.3, 0.4) is 0 Å². The summed E-state index contributed by atoms with van der Waals surface area (Å²) in [5.74, 6) is -1.43. The van der Waals surface area contributed by atoms with Gasteiger partial charge in [0.2, 0.25) is 0 Å². The van der Waals surface area contributed by atoms with Crippen LogP contribution in [0.4, 0.5) is 13.6 Å². The predicted molar refractivity (Wildman–Crippen MR) is 66.7 cm³/mol. The van der Waals surface area contributed by atoms with Gasteiger partial charge >= 0.3 is 6.09 Å².